The number of nitrogens with one attached hydrogen (secondary N) is 1. The maximum absolute atomic E-state index is 10.5. The Balaban J connectivity index is 0. The molecule has 0 saturated heterocycles. The number of ether oxygens (including phenoxy) is 1. The number of rotatable bonds is 4. The van der Waals surface area contributed by atoms with Crippen molar-refractivity contribution in [2.24, 2.45) is 0 Å². The lowest BCUT2D eigenvalue weighted by Crippen LogP contribution is -2.20. The lowest BCUT2D eigenvalue weighted by molar-refractivity contribution is -0.142. The predicted molar refractivity (Wildman–Crippen MR) is 42.4 cm³/mol. The van der Waals surface area contributed by atoms with Gasteiger partial charge in [0.2, 0.25) is 0 Å². The number of carbonyl (C=O) groups is 1. The van der Waals surface area contributed by atoms with Crippen molar-refractivity contribution in [3.05, 3.63) is 0 Å². The van der Waals surface area contributed by atoms with Gasteiger partial charge in [0.25, 0.3) is 0 Å². The number of esters is 1. The monoisotopic (exact) mass is 167 g/mol. The predicted octanol–water partition coefficient (Wildman–Crippen LogP) is 0.581. The normalized spacial score (nSPS) is 8.20. The molecule has 0 aliphatic heterocycles. The van der Waals surface area contributed by atoms with E-state index < -0.39 is 0 Å². The maximum atomic E-state index is 10.5. The van der Waals surface area contributed by atoms with Crippen molar-refractivity contribution in [1.82, 2.24) is 5.32 Å². The molecular formula is C6H14ClNO2. The van der Waals surface area contributed by atoms with Gasteiger partial charge in [-0.05, 0) is 13.5 Å². The van der Waals surface area contributed by atoms with Crippen LogP contribution < -0.4 is 5.32 Å². The molecule has 0 aromatic heterocycles. The zero-order valence-corrected chi connectivity index (χ0v) is 7.16. The Morgan fingerprint density at radius 3 is 2.60 bits per heavy atom. The first-order valence-electron chi connectivity index (χ1n) is 3.11. The summed E-state index contributed by atoms with van der Waals surface area (Å²) < 4.78 is 4.73. The first kappa shape index (κ1) is 12.4. The largest absolute Gasteiger partial charge is 0.465 e. The van der Waals surface area contributed by atoms with Gasteiger partial charge in [0, 0.05) is 0 Å². The summed E-state index contributed by atoms with van der Waals surface area (Å²) in [4.78, 5) is 10.5. The van der Waals surface area contributed by atoms with Gasteiger partial charge in [0.1, 0.15) is 0 Å². The molecular weight excluding hydrogens is 154 g/mol. The fourth-order valence-electron chi connectivity index (χ4n) is 0.411. The van der Waals surface area contributed by atoms with Crippen LogP contribution >= 0.6 is 12.4 Å². The molecule has 1 N–H and O–H groups in total. The number of likely N-dealkylation sites (N-methyl/N-ethyl adjacent to an activating group) is 1. The summed E-state index contributed by atoms with van der Waals surface area (Å²) in [6.07, 6.45) is 0.884. The summed E-state index contributed by atoms with van der Waals surface area (Å²) in [6, 6.07) is 0. The molecule has 4 heteroatoms. The Labute approximate surface area is 67.5 Å². The summed E-state index contributed by atoms with van der Waals surface area (Å²) in [5.74, 6) is -0.181. The zero-order valence-electron chi connectivity index (χ0n) is 6.35. The molecule has 0 atom stereocenters. The highest BCUT2D eigenvalue weighted by Crippen LogP contribution is 1.79. The third kappa shape index (κ3) is 7.72. The van der Waals surface area contributed by atoms with Gasteiger partial charge in [0.05, 0.1) is 13.2 Å². The quantitative estimate of drug-likeness (QED) is 0.623. The maximum Gasteiger partial charge on any atom is 0.319 e. The molecule has 0 rings (SSSR count). The molecule has 0 unspecified atom stereocenters. The van der Waals surface area contributed by atoms with Crippen LogP contribution in [0.25, 0.3) is 0 Å². The minimum absolute atomic E-state index is 0. The standard InChI is InChI=1S/C6H13NO2.ClH/c1-3-4-9-6(8)5-7-2;/h7H,3-5H2,1-2H3;1H. The molecule has 0 heterocycles. The molecule has 0 aliphatic rings. The van der Waals surface area contributed by atoms with Crippen molar-refractivity contribution in [1.29, 1.82) is 0 Å². The van der Waals surface area contributed by atoms with Crippen LogP contribution in [0.15, 0.2) is 0 Å². The Morgan fingerprint density at radius 1 is 1.60 bits per heavy atom. The highest BCUT2D eigenvalue weighted by molar-refractivity contribution is 5.85. The third-order valence-electron chi connectivity index (χ3n) is 0.788. The molecule has 0 aromatic rings. The van der Waals surface area contributed by atoms with E-state index in [1.54, 1.807) is 7.05 Å². The number of halogens is 1. The van der Waals surface area contributed by atoms with Gasteiger partial charge < -0.3 is 10.1 Å². The highest BCUT2D eigenvalue weighted by Gasteiger charge is 1.96. The SMILES string of the molecule is CCCOC(=O)CNC.Cl. The summed E-state index contributed by atoms with van der Waals surface area (Å²) in [6.45, 7) is 2.80. The summed E-state index contributed by atoms with van der Waals surface area (Å²) in [7, 11) is 1.72. The van der Waals surface area contributed by atoms with Gasteiger partial charge in [-0.25, -0.2) is 0 Å². The first-order valence-corrected chi connectivity index (χ1v) is 3.11. The van der Waals surface area contributed by atoms with Crippen molar-refractivity contribution in [2.75, 3.05) is 20.2 Å². The molecule has 0 fully saturated rings. The molecule has 0 spiro atoms. The van der Waals surface area contributed by atoms with Gasteiger partial charge in [-0.1, -0.05) is 6.92 Å². The smallest absolute Gasteiger partial charge is 0.319 e. The van der Waals surface area contributed by atoms with Crippen LogP contribution in [0, 0.1) is 0 Å². The van der Waals surface area contributed by atoms with Crippen molar-refractivity contribution >= 4 is 18.4 Å². The number of carbonyl (C=O) groups excluding carboxylic acids is 1. The lowest BCUT2D eigenvalue weighted by Gasteiger charge is -1.99. The third-order valence-corrected chi connectivity index (χ3v) is 0.788. The lowest BCUT2D eigenvalue weighted by atomic mass is 10.5. The van der Waals surface area contributed by atoms with E-state index in [1.165, 1.54) is 0 Å². The van der Waals surface area contributed by atoms with Crippen LogP contribution in [0.4, 0.5) is 0 Å². The van der Waals surface area contributed by atoms with Crippen LogP contribution in [-0.2, 0) is 9.53 Å². The van der Waals surface area contributed by atoms with Crippen LogP contribution in [0.1, 0.15) is 13.3 Å². The van der Waals surface area contributed by atoms with E-state index in [4.69, 9.17) is 4.74 Å². The van der Waals surface area contributed by atoms with Crippen molar-refractivity contribution in [3.63, 3.8) is 0 Å². The second-order valence-corrected chi connectivity index (χ2v) is 1.75. The Morgan fingerprint density at radius 2 is 2.20 bits per heavy atom. The molecule has 0 radical (unpaired) electrons. The van der Waals surface area contributed by atoms with E-state index in [9.17, 15) is 4.79 Å². The van der Waals surface area contributed by atoms with Crippen molar-refractivity contribution < 1.29 is 9.53 Å². The number of hydrogen-bond donors (Lipinski definition) is 1. The summed E-state index contributed by atoms with van der Waals surface area (Å²) in [5, 5.41) is 2.70. The average Bonchev–Trinajstić information content (AvgIpc) is 1.85. The number of hydrogen-bond acceptors (Lipinski definition) is 3. The van der Waals surface area contributed by atoms with E-state index in [2.05, 4.69) is 5.32 Å². The first-order chi connectivity index (χ1) is 4.31. The van der Waals surface area contributed by atoms with Crippen LogP contribution in [0.2, 0.25) is 0 Å². The van der Waals surface area contributed by atoms with Gasteiger partial charge in [-0.15, -0.1) is 12.4 Å². The van der Waals surface area contributed by atoms with Gasteiger partial charge in [-0.2, -0.15) is 0 Å². The zero-order chi connectivity index (χ0) is 7.11. The second kappa shape index (κ2) is 8.72. The van der Waals surface area contributed by atoms with Crippen LogP contribution in [0.5, 0.6) is 0 Å². The molecule has 0 amide bonds. The Kier molecular flexibility index (Phi) is 10.8. The van der Waals surface area contributed by atoms with Gasteiger partial charge >= 0.3 is 5.97 Å². The van der Waals surface area contributed by atoms with Crippen LogP contribution in [0.3, 0.4) is 0 Å². The molecule has 10 heavy (non-hydrogen) atoms. The van der Waals surface area contributed by atoms with Gasteiger partial charge in [-0.3, -0.25) is 4.79 Å². The van der Waals surface area contributed by atoms with Crippen molar-refractivity contribution in [3.8, 4) is 0 Å². The highest BCUT2D eigenvalue weighted by atomic mass is 35.5. The van der Waals surface area contributed by atoms with E-state index in [0.717, 1.165) is 6.42 Å². The summed E-state index contributed by atoms with van der Waals surface area (Å²) in [5.41, 5.74) is 0. The van der Waals surface area contributed by atoms with Gasteiger partial charge in [0.15, 0.2) is 0 Å². The molecule has 0 bridgehead atoms. The fraction of sp³-hybridized carbons (Fsp3) is 0.833. The van der Waals surface area contributed by atoms with Crippen LogP contribution in [-0.4, -0.2) is 26.2 Å². The Hall–Kier alpha value is -0.280. The molecule has 0 saturated carbocycles. The van der Waals surface area contributed by atoms with Crippen molar-refractivity contribution in [2.45, 2.75) is 13.3 Å². The minimum atomic E-state index is -0.181. The van der Waals surface area contributed by atoms with E-state index in [0.29, 0.717) is 13.2 Å². The molecule has 0 aromatic carbocycles. The van der Waals surface area contributed by atoms with E-state index in [1.807, 2.05) is 6.92 Å². The second-order valence-electron chi connectivity index (χ2n) is 1.75. The minimum Gasteiger partial charge on any atom is -0.465 e. The molecule has 3 nitrogen and oxygen atoms in total. The van der Waals surface area contributed by atoms with E-state index >= 15 is 0 Å². The fourth-order valence-corrected chi connectivity index (χ4v) is 0.411. The summed E-state index contributed by atoms with van der Waals surface area (Å²) >= 11 is 0. The molecule has 62 valence electrons. The average molecular weight is 168 g/mol. The molecule has 0 aliphatic carbocycles. The topological polar surface area (TPSA) is 38.3 Å². The Bertz CT molecular complexity index is 87.8. The van der Waals surface area contributed by atoms with E-state index in [-0.39, 0.29) is 18.4 Å².